The largest absolute Gasteiger partial charge is 0.394 e. The molecule has 9 N–H and O–H groups in total. The number of rotatable bonds is 49. The number of unbranched alkanes of at least 4 members (excludes halogenated alkanes) is 36. The number of aliphatic hydroxyl groups is 8. The minimum atomic E-state index is -1.78. The van der Waals surface area contributed by atoms with Crippen molar-refractivity contribution in [3.05, 3.63) is 0 Å². The molecule has 0 aliphatic carbocycles. The summed E-state index contributed by atoms with van der Waals surface area (Å²) >= 11 is 0. The first-order chi connectivity index (χ1) is 35.1. The van der Waals surface area contributed by atoms with Gasteiger partial charge in [-0.15, -0.1) is 0 Å². The maximum Gasteiger partial charge on any atom is 0.220 e. The number of carbonyl (C=O) groups is 1. The maximum absolute atomic E-state index is 13.3. The minimum absolute atomic E-state index is 0.200. The smallest absolute Gasteiger partial charge is 0.220 e. The highest BCUT2D eigenvalue weighted by molar-refractivity contribution is 5.76. The Kier molecular flexibility index (Phi) is 42.0. The van der Waals surface area contributed by atoms with Crippen molar-refractivity contribution in [3.63, 3.8) is 0 Å². The lowest BCUT2D eigenvalue weighted by molar-refractivity contribution is -0.359. The molecule has 2 aliphatic rings. The van der Waals surface area contributed by atoms with Crippen LogP contribution in [0.5, 0.6) is 0 Å². The molecule has 0 radical (unpaired) electrons. The summed E-state index contributed by atoms with van der Waals surface area (Å²) in [6.07, 6.45) is 32.4. The van der Waals surface area contributed by atoms with Crippen molar-refractivity contribution in [1.82, 2.24) is 5.32 Å². The van der Waals surface area contributed by atoms with E-state index in [-0.39, 0.29) is 12.5 Å². The van der Waals surface area contributed by atoms with E-state index in [1.165, 1.54) is 193 Å². The van der Waals surface area contributed by atoms with Gasteiger partial charge in [0.25, 0.3) is 0 Å². The van der Waals surface area contributed by atoms with Gasteiger partial charge in [0.1, 0.15) is 48.8 Å². The van der Waals surface area contributed by atoms with Crippen molar-refractivity contribution < 1.29 is 64.6 Å². The second-order valence-corrected chi connectivity index (χ2v) is 21.8. The number of amides is 1. The molecule has 2 fully saturated rings. The third kappa shape index (κ3) is 30.7. The van der Waals surface area contributed by atoms with E-state index in [1.54, 1.807) is 0 Å². The number of ether oxygens (including phenoxy) is 4. The zero-order chi connectivity index (χ0) is 52.4. The fraction of sp³-hybridized carbons (Fsp3) is 0.983. The highest BCUT2D eigenvalue weighted by Gasteiger charge is 2.51. The lowest BCUT2D eigenvalue weighted by Gasteiger charge is -2.46. The number of aliphatic hydroxyl groups excluding tert-OH is 8. The summed E-state index contributed by atoms with van der Waals surface area (Å²) in [5.74, 6) is -0.200. The number of carbonyl (C=O) groups excluding carboxylic acids is 1. The van der Waals surface area contributed by atoms with Gasteiger partial charge < -0.3 is 65.1 Å². The van der Waals surface area contributed by atoms with E-state index in [2.05, 4.69) is 19.2 Å². The fourth-order valence-corrected chi connectivity index (χ4v) is 10.4. The Morgan fingerprint density at radius 1 is 0.444 bits per heavy atom. The Bertz CT molecular complexity index is 1220. The number of hydrogen-bond donors (Lipinski definition) is 9. The molecule has 14 nitrogen and oxygen atoms in total. The molecule has 72 heavy (non-hydrogen) atoms. The van der Waals surface area contributed by atoms with Crippen LogP contribution in [0.15, 0.2) is 0 Å². The van der Waals surface area contributed by atoms with Crippen LogP contribution in [0, 0.1) is 0 Å². The number of nitrogens with one attached hydrogen (secondary N) is 1. The standard InChI is InChI=1S/C58H113NO13/c1-3-5-7-9-11-13-15-17-19-21-23-24-25-27-29-31-33-35-37-39-41-47(62)46(59-50(63)42-40-38-36-34-32-30-28-26-22-20-18-16-14-12-10-8-6-4-2)45-69-57-55(68)53(66)56(49(44-61)71-57)72-58-54(67)52(65)51(64)48(43-60)70-58/h46-49,51-58,60-62,64-68H,3-45H2,1-2H3,(H,59,63). The fourth-order valence-electron chi connectivity index (χ4n) is 10.4. The van der Waals surface area contributed by atoms with Crippen molar-refractivity contribution >= 4 is 5.91 Å². The average Bonchev–Trinajstić information content (AvgIpc) is 3.38. The van der Waals surface area contributed by atoms with Crippen LogP contribution >= 0.6 is 0 Å². The van der Waals surface area contributed by atoms with Gasteiger partial charge in [-0.2, -0.15) is 0 Å². The third-order valence-corrected chi connectivity index (χ3v) is 15.3. The van der Waals surface area contributed by atoms with Gasteiger partial charge >= 0.3 is 0 Å². The van der Waals surface area contributed by atoms with Crippen LogP contribution in [-0.4, -0.2) is 140 Å². The molecule has 2 rings (SSSR count). The van der Waals surface area contributed by atoms with E-state index in [0.717, 1.165) is 51.4 Å². The van der Waals surface area contributed by atoms with Gasteiger partial charge in [-0.05, 0) is 12.8 Å². The zero-order valence-corrected chi connectivity index (χ0v) is 46.0. The van der Waals surface area contributed by atoms with Crippen molar-refractivity contribution in [1.29, 1.82) is 0 Å². The Morgan fingerprint density at radius 3 is 1.18 bits per heavy atom. The van der Waals surface area contributed by atoms with Gasteiger partial charge in [-0.25, -0.2) is 0 Å². The summed E-state index contributed by atoms with van der Waals surface area (Å²) in [6, 6.07) is -0.822. The van der Waals surface area contributed by atoms with Gasteiger partial charge in [0.05, 0.1) is 32.0 Å². The molecular weight excluding hydrogens is 919 g/mol. The van der Waals surface area contributed by atoms with Crippen molar-refractivity contribution in [2.45, 2.75) is 344 Å². The van der Waals surface area contributed by atoms with E-state index >= 15 is 0 Å². The second kappa shape index (κ2) is 45.1. The maximum atomic E-state index is 13.3. The van der Waals surface area contributed by atoms with Crippen molar-refractivity contribution in [2.24, 2.45) is 0 Å². The average molecular weight is 1030 g/mol. The van der Waals surface area contributed by atoms with Gasteiger partial charge in [0.15, 0.2) is 12.6 Å². The topological polar surface area (TPSA) is 228 Å². The Morgan fingerprint density at radius 2 is 0.792 bits per heavy atom. The van der Waals surface area contributed by atoms with Crippen LogP contribution in [0.3, 0.4) is 0 Å². The molecule has 1 amide bonds. The molecule has 0 aromatic rings. The normalized spacial score (nSPS) is 25.5. The summed E-state index contributed by atoms with van der Waals surface area (Å²) in [5.41, 5.74) is 0. The van der Waals surface area contributed by atoms with Crippen molar-refractivity contribution in [2.75, 3.05) is 19.8 Å². The van der Waals surface area contributed by atoms with E-state index in [4.69, 9.17) is 18.9 Å². The lowest BCUT2D eigenvalue weighted by Crippen LogP contribution is -2.65. The van der Waals surface area contributed by atoms with E-state index in [9.17, 15) is 45.6 Å². The number of hydrogen-bond acceptors (Lipinski definition) is 13. The first-order valence-electron chi connectivity index (χ1n) is 30.3. The first-order valence-corrected chi connectivity index (χ1v) is 30.3. The van der Waals surface area contributed by atoms with Gasteiger partial charge in [-0.3, -0.25) is 4.79 Å². The SMILES string of the molecule is CCCCCCCCCCCCCCCCCCCCCCC(O)C(COC1OC(CO)C(OC2OC(CO)C(O)C(O)C2O)C(O)C1O)NC(=O)CCCCCCCCCCCCCCCCCCCC. The monoisotopic (exact) mass is 1030 g/mol. The summed E-state index contributed by atoms with van der Waals surface area (Å²) in [7, 11) is 0. The lowest BCUT2D eigenvalue weighted by atomic mass is 9.97. The predicted octanol–water partition coefficient (Wildman–Crippen LogP) is 10.1. The van der Waals surface area contributed by atoms with Crippen LogP contribution in [0.4, 0.5) is 0 Å². The first kappa shape index (κ1) is 67.1. The molecule has 12 unspecified atom stereocenters. The minimum Gasteiger partial charge on any atom is -0.394 e. The second-order valence-electron chi connectivity index (χ2n) is 21.8. The van der Waals surface area contributed by atoms with Gasteiger partial charge in [-0.1, -0.05) is 251 Å². The van der Waals surface area contributed by atoms with Crippen LogP contribution < -0.4 is 5.32 Å². The Balaban J connectivity index is 1.75. The van der Waals surface area contributed by atoms with Crippen LogP contribution in [0.1, 0.15) is 271 Å². The highest BCUT2D eigenvalue weighted by Crippen LogP contribution is 2.30. The highest BCUT2D eigenvalue weighted by atomic mass is 16.7. The van der Waals surface area contributed by atoms with Gasteiger partial charge in [0.2, 0.25) is 5.91 Å². The van der Waals surface area contributed by atoms with E-state index < -0.39 is 86.8 Å². The molecule has 2 aliphatic heterocycles. The molecule has 428 valence electrons. The summed E-state index contributed by atoms with van der Waals surface area (Å²) in [6.45, 7) is 2.90. The molecule has 2 saturated heterocycles. The quantitative estimate of drug-likeness (QED) is 0.0259. The van der Waals surface area contributed by atoms with E-state index in [0.29, 0.717) is 12.8 Å². The third-order valence-electron chi connectivity index (χ3n) is 15.3. The molecule has 0 aromatic heterocycles. The molecule has 0 bridgehead atoms. The molecule has 0 saturated carbocycles. The predicted molar refractivity (Wildman–Crippen MR) is 286 cm³/mol. The van der Waals surface area contributed by atoms with Crippen LogP contribution in [0.25, 0.3) is 0 Å². The van der Waals surface area contributed by atoms with Crippen LogP contribution in [-0.2, 0) is 23.7 Å². The molecule has 14 heteroatoms. The summed E-state index contributed by atoms with van der Waals surface area (Å²) in [4.78, 5) is 13.3. The van der Waals surface area contributed by atoms with Gasteiger partial charge in [0, 0.05) is 6.42 Å². The molecule has 12 atom stereocenters. The molecular formula is C58H113NO13. The Hall–Kier alpha value is -1.01. The molecule has 2 heterocycles. The van der Waals surface area contributed by atoms with E-state index in [1.807, 2.05) is 0 Å². The van der Waals surface area contributed by atoms with Crippen molar-refractivity contribution in [3.8, 4) is 0 Å². The zero-order valence-electron chi connectivity index (χ0n) is 46.0. The Labute approximate surface area is 438 Å². The van der Waals surface area contributed by atoms with Crippen LogP contribution in [0.2, 0.25) is 0 Å². The summed E-state index contributed by atoms with van der Waals surface area (Å²) < 4.78 is 22.9. The molecule has 0 spiro atoms. The molecule has 0 aromatic carbocycles. The summed E-state index contributed by atoms with van der Waals surface area (Å²) in [5, 5.41) is 87.3.